The predicted molar refractivity (Wildman–Crippen MR) is 106 cm³/mol. The fourth-order valence-electron chi connectivity index (χ4n) is 3.55. The minimum atomic E-state index is -1.07. The van der Waals surface area contributed by atoms with Crippen LogP contribution in [-0.2, 0) is 5.54 Å². The lowest BCUT2D eigenvalue weighted by molar-refractivity contribution is 0.0883. The Balaban J connectivity index is 1.88. The van der Waals surface area contributed by atoms with E-state index in [-0.39, 0.29) is 16.9 Å². The number of nitrogens with one attached hydrogen (secondary N) is 2. The molecular weight excluding hydrogens is 373 g/mol. The summed E-state index contributed by atoms with van der Waals surface area (Å²) in [6.07, 6.45) is 1.74. The molecule has 0 spiro atoms. The maximum Gasteiger partial charge on any atom is 0.253 e. The largest absolute Gasteiger partial charge is 0.491 e. The summed E-state index contributed by atoms with van der Waals surface area (Å²) < 4.78 is 20.2. The van der Waals surface area contributed by atoms with E-state index in [1.165, 1.54) is 24.4 Å². The molecule has 0 radical (unpaired) electrons. The Labute approximate surface area is 166 Å². The normalized spacial score (nSPS) is 17.9. The van der Waals surface area contributed by atoms with E-state index < -0.39 is 11.4 Å². The van der Waals surface area contributed by atoms with Gasteiger partial charge in [0.15, 0.2) is 0 Å². The number of hydrogen-bond acceptors (Lipinski definition) is 4. The number of aryl methyl sites for hydroxylation is 2. The number of aromatic nitrogens is 2. The Morgan fingerprint density at radius 2 is 2.03 bits per heavy atom. The number of hydrogen-bond donors (Lipinski definition) is 2. The van der Waals surface area contributed by atoms with Crippen molar-refractivity contribution in [3.05, 3.63) is 92.9 Å². The van der Waals surface area contributed by atoms with Crippen molar-refractivity contribution in [1.29, 1.82) is 0 Å². The van der Waals surface area contributed by atoms with E-state index in [0.717, 1.165) is 5.69 Å². The molecule has 29 heavy (non-hydrogen) atoms. The average Bonchev–Trinajstić information content (AvgIpc) is 2.71. The summed E-state index contributed by atoms with van der Waals surface area (Å²) in [7, 11) is 0. The van der Waals surface area contributed by atoms with E-state index in [2.05, 4.69) is 15.3 Å². The zero-order valence-corrected chi connectivity index (χ0v) is 16.1. The van der Waals surface area contributed by atoms with Crippen LogP contribution in [0.1, 0.15) is 39.3 Å². The molecule has 3 aromatic rings. The third-order valence-corrected chi connectivity index (χ3v) is 5.17. The molecule has 1 amide bonds. The van der Waals surface area contributed by atoms with Gasteiger partial charge in [-0.1, -0.05) is 12.1 Å². The number of halogens is 1. The van der Waals surface area contributed by atoms with Crippen LogP contribution in [0.2, 0.25) is 0 Å². The third kappa shape index (κ3) is 3.40. The van der Waals surface area contributed by atoms with Crippen molar-refractivity contribution in [3.8, 4) is 5.75 Å². The molecule has 1 atom stereocenters. The number of carbonyl (C=O) groups is 1. The van der Waals surface area contributed by atoms with Crippen LogP contribution < -0.4 is 15.6 Å². The third-order valence-electron chi connectivity index (χ3n) is 5.17. The Hall–Kier alpha value is -3.48. The fourth-order valence-corrected chi connectivity index (χ4v) is 3.55. The number of pyridine rings is 2. The SMILES string of the molecule is Cc1ccc2c(n1)[C@@](NC(=O)c1ccc(=O)[nH]c1)(c1ccc(C)c(F)c1)CCO2. The number of ether oxygens (including phenoxy) is 1. The summed E-state index contributed by atoms with van der Waals surface area (Å²) in [6, 6.07) is 11.3. The van der Waals surface area contributed by atoms with E-state index in [9.17, 15) is 14.0 Å². The average molecular weight is 393 g/mol. The molecule has 7 heteroatoms. The van der Waals surface area contributed by atoms with Gasteiger partial charge in [-0.15, -0.1) is 0 Å². The summed E-state index contributed by atoms with van der Waals surface area (Å²) in [5, 5.41) is 3.04. The molecule has 0 saturated carbocycles. The zero-order valence-electron chi connectivity index (χ0n) is 16.1. The van der Waals surface area contributed by atoms with Crippen molar-refractivity contribution >= 4 is 5.91 Å². The van der Waals surface area contributed by atoms with Gasteiger partial charge in [0, 0.05) is 24.4 Å². The highest BCUT2D eigenvalue weighted by Gasteiger charge is 2.43. The summed E-state index contributed by atoms with van der Waals surface area (Å²) in [5.74, 6) is -0.219. The Morgan fingerprint density at radius 1 is 1.21 bits per heavy atom. The molecule has 3 heterocycles. The van der Waals surface area contributed by atoms with E-state index in [0.29, 0.717) is 35.6 Å². The van der Waals surface area contributed by atoms with Crippen LogP contribution in [0.4, 0.5) is 4.39 Å². The van der Waals surface area contributed by atoms with Crippen molar-refractivity contribution in [2.24, 2.45) is 0 Å². The smallest absolute Gasteiger partial charge is 0.253 e. The highest BCUT2D eigenvalue weighted by molar-refractivity contribution is 5.94. The summed E-state index contributed by atoms with van der Waals surface area (Å²) >= 11 is 0. The van der Waals surface area contributed by atoms with E-state index in [1.54, 1.807) is 19.1 Å². The molecule has 2 aromatic heterocycles. The first kappa shape index (κ1) is 18.9. The molecule has 0 saturated heterocycles. The van der Waals surface area contributed by atoms with Gasteiger partial charge in [-0.3, -0.25) is 14.6 Å². The van der Waals surface area contributed by atoms with Gasteiger partial charge >= 0.3 is 0 Å². The van der Waals surface area contributed by atoms with Crippen LogP contribution in [0.15, 0.2) is 53.5 Å². The second-order valence-electron chi connectivity index (χ2n) is 7.16. The van der Waals surface area contributed by atoms with Gasteiger partial charge in [0.1, 0.15) is 22.8 Å². The van der Waals surface area contributed by atoms with Crippen LogP contribution in [0.3, 0.4) is 0 Å². The van der Waals surface area contributed by atoms with Gasteiger partial charge in [0.05, 0.1) is 12.2 Å². The Morgan fingerprint density at radius 3 is 2.76 bits per heavy atom. The Kier molecular flexibility index (Phi) is 4.66. The lowest BCUT2D eigenvalue weighted by Gasteiger charge is -2.39. The number of nitrogens with zero attached hydrogens (tertiary/aromatic N) is 1. The molecule has 2 N–H and O–H groups in total. The van der Waals surface area contributed by atoms with Crippen molar-refractivity contribution < 1.29 is 13.9 Å². The predicted octanol–water partition coefficient (Wildman–Crippen LogP) is 2.98. The van der Waals surface area contributed by atoms with Gasteiger partial charge in [0.2, 0.25) is 5.56 Å². The monoisotopic (exact) mass is 393 g/mol. The first-order valence-electron chi connectivity index (χ1n) is 9.28. The van der Waals surface area contributed by atoms with Crippen molar-refractivity contribution in [3.63, 3.8) is 0 Å². The number of fused-ring (bicyclic) bond motifs is 1. The van der Waals surface area contributed by atoms with E-state index >= 15 is 0 Å². The lowest BCUT2D eigenvalue weighted by atomic mass is 9.80. The van der Waals surface area contributed by atoms with Gasteiger partial charge in [0.25, 0.3) is 5.91 Å². The van der Waals surface area contributed by atoms with E-state index in [4.69, 9.17) is 4.74 Å². The van der Waals surface area contributed by atoms with Crippen LogP contribution in [0.25, 0.3) is 0 Å². The molecule has 148 valence electrons. The molecule has 6 nitrogen and oxygen atoms in total. The van der Waals surface area contributed by atoms with Gasteiger partial charge < -0.3 is 15.0 Å². The number of H-pyrrole nitrogens is 1. The summed E-state index contributed by atoms with van der Waals surface area (Å²) in [6.45, 7) is 3.86. The number of benzene rings is 1. The minimum absolute atomic E-state index is 0.289. The van der Waals surface area contributed by atoms with Crippen molar-refractivity contribution in [1.82, 2.24) is 15.3 Å². The topological polar surface area (TPSA) is 84.1 Å². The molecule has 0 unspecified atom stereocenters. The van der Waals surface area contributed by atoms with Crippen LogP contribution >= 0.6 is 0 Å². The first-order valence-corrected chi connectivity index (χ1v) is 9.28. The maximum atomic E-state index is 14.5. The van der Waals surface area contributed by atoms with Crippen LogP contribution in [0, 0.1) is 19.7 Å². The molecule has 1 aromatic carbocycles. The lowest BCUT2D eigenvalue weighted by Crippen LogP contribution is -2.50. The summed E-state index contributed by atoms with van der Waals surface area (Å²) in [5.41, 5.74) is 1.31. The fraction of sp³-hybridized carbons (Fsp3) is 0.227. The quantitative estimate of drug-likeness (QED) is 0.717. The second kappa shape index (κ2) is 7.16. The molecular formula is C22H20FN3O3. The highest BCUT2D eigenvalue weighted by Crippen LogP contribution is 2.41. The number of carbonyl (C=O) groups excluding carboxylic acids is 1. The van der Waals surface area contributed by atoms with Gasteiger partial charge in [-0.2, -0.15) is 0 Å². The minimum Gasteiger partial charge on any atom is -0.491 e. The highest BCUT2D eigenvalue weighted by atomic mass is 19.1. The van der Waals surface area contributed by atoms with Crippen molar-refractivity contribution in [2.75, 3.05) is 6.61 Å². The molecule has 0 aliphatic carbocycles. The van der Waals surface area contributed by atoms with E-state index in [1.807, 2.05) is 19.1 Å². The number of rotatable bonds is 3. The summed E-state index contributed by atoms with van der Waals surface area (Å²) in [4.78, 5) is 31.5. The molecule has 4 rings (SSSR count). The van der Waals surface area contributed by atoms with Gasteiger partial charge in [-0.25, -0.2) is 4.39 Å². The molecule has 0 fully saturated rings. The number of amides is 1. The van der Waals surface area contributed by atoms with Gasteiger partial charge in [-0.05, 0) is 49.2 Å². The molecule has 1 aliphatic rings. The standard InChI is InChI=1S/C22H20FN3O3/c1-13-3-6-16(11-17(13)23)22(26-21(28)15-5-8-19(27)24-12-15)9-10-29-18-7-4-14(2)25-20(18)22/h3-8,11-12H,9-10H2,1-2H3,(H,24,27)(H,26,28)/t22-/m0/s1. The second-order valence-corrected chi connectivity index (χ2v) is 7.16. The molecule has 0 bridgehead atoms. The first-order chi connectivity index (χ1) is 13.9. The van der Waals surface area contributed by atoms with Crippen LogP contribution in [-0.4, -0.2) is 22.5 Å². The Bertz CT molecular complexity index is 1140. The maximum absolute atomic E-state index is 14.5. The van der Waals surface area contributed by atoms with Crippen LogP contribution in [0.5, 0.6) is 5.75 Å². The van der Waals surface area contributed by atoms with Crippen molar-refractivity contribution in [2.45, 2.75) is 25.8 Å². The zero-order chi connectivity index (χ0) is 20.6. The number of aromatic amines is 1. The molecule has 1 aliphatic heterocycles.